The van der Waals surface area contributed by atoms with E-state index in [4.69, 9.17) is 4.42 Å². The Morgan fingerprint density at radius 2 is 1.97 bits per heavy atom. The molecule has 1 heterocycles. The lowest BCUT2D eigenvalue weighted by atomic mass is 9.78. The van der Waals surface area contributed by atoms with E-state index in [-0.39, 0.29) is 33.7 Å². The number of rotatable bonds is 9. The third-order valence-corrected chi connectivity index (χ3v) is 9.07. The second-order valence-corrected chi connectivity index (χ2v) is 11.1. The Morgan fingerprint density at radius 1 is 1.22 bits per heavy atom. The Morgan fingerprint density at radius 3 is 2.69 bits per heavy atom. The normalized spacial score (nSPS) is 21.6. The summed E-state index contributed by atoms with van der Waals surface area (Å²) < 4.78 is 32.6. The van der Waals surface area contributed by atoms with Crippen LogP contribution in [0.4, 0.5) is 0 Å². The maximum Gasteiger partial charge on any atom is 0.277 e. The summed E-state index contributed by atoms with van der Waals surface area (Å²) >= 11 is 1.18. The number of sulfonamides is 1. The fourth-order valence-corrected chi connectivity index (χ4v) is 6.13. The van der Waals surface area contributed by atoms with E-state index in [1.165, 1.54) is 28.6 Å². The molecule has 0 radical (unpaired) electrons. The maximum absolute atomic E-state index is 12.8. The van der Waals surface area contributed by atoms with Crippen LogP contribution in [0.5, 0.6) is 0 Å². The molecule has 1 fully saturated rings. The summed E-state index contributed by atoms with van der Waals surface area (Å²) in [6.45, 7) is 8.83. The molecule has 0 saturated heterocycles. The quantitative estimate of drug-likeness (QED) is 0.544. The van der Waals surface area contributed by atoms with Gasteiger partial charge in [0.25, 0.3) is 5.22 Å². The summed E-state index contributed by atoms with van der Waals surface area (Å²) in [5.41, 5.74) is 0.520. The Labute approximate surface area is 194 Å². The van der Waals surface area contributed by atoms with Gasteiger partial charge in [0, 0.05) is 24.7 Å². The third kappa shape index (κ3) is 5.71. The van der Waals surface area contributed by atoms with Crippen molar-refractivity contribution in [3.63, 3.8) is 0 Å². The molecule has 10 heteroatoms. The van der Waals surface area contributed by atoms with Crippen molar-refractivity contribution in [3.8, 4) is 11.5 Å². The topological polar surface area (TPSA) is 105 Å². The van der Waals surface area contributed by atoms with Crippen LogP contribution in [-0.2, 0) is 14.8 Å². The van der Waals surface area contributed by atoms with E-state index in [9.17, 15) is 13.2 Å². The van der Waals surface area contributed by atoms with Crippen LogP contribution >= 0.6 is 11.8 Å². The fraction of sp³-hybridized carbons (Fsp3) is 0.591. The van der Waals surface area contributed by atoms with Crippen molar-refractivity contribution in [3.05, 3.63) is 24.3 Å². The third-order valence-electron chi connectivity index (χ3n) is 6.21. The molecule has 3 atom stereocenters. The summed E-state index contributed by atoms with van der Waals surface area (Å²) in [4.78, 5) is 12.6. The Hall–Kier alpha value is -1.91. The molecule has 8 nitrogen and oxygen atoms in total. The van der Waals surface area contributed by atoms with Crippen LogP contribution in [0.15, 0.2) is 38.8 Å². The van der Waals surface area contributed by atoms with Crippen LogP contribution in [0.3, 0.4) is 0 Å². The lowest BCUT2D eigenvalue weighted by Crippen LogP contribution is -2.44. The Kier molecular flexibility index (Phi) is 8.35. The van der Waals surface area contributed by atoms with E-state index in [2.05, 4.69) is 29.4 Å². The van der Waals surface area contributed by atoms with Crippen LogP contribution in [0.1, 0.15) is 47.0 Å². The lowest BCUT2D eigenvalue weighted by molar-refractivity contribution is -0.120. The molecule has 0 aliphatic heterocycles. The van der Waals surface area contributed by atoms with Gasteiger partial charge in [0.15, 0.2) is 0 Å². The highest BCUT2D eigenvalue weighted by atomic mass is 32.2. The van der Waals surface area contributed by atoms with Crippen molar-refractivity contribution in [2.45, 2.75) is 63.1 Å². The average Bonchev–Trinajstić information content (AvgIpc) is 3.25. The van der Waals surface area contributed by atoms with Crippen molar-refractivity contribution < 1.29 is 17.6 Å². The minimum absolute atomic E-state index is 0.0481. The lowest BCUT2D eigenvalue weighted by Gasteiger charge is -2.34. The zero-order valence-corrected chi connectivity index (χ0v) is 20.7. The Bertz CT molecular complexity index is 1020. The van der Waals surface area contributed by atoms with Crippen LogP contribution < -0.4 is 5.32 Å². The molecule has 0 bridgehead atoms. The number of carbonyl (C=O) groups is 1. The highest BCUT2D eigenvalue weighted by Crippen LogP contribution is 2.30. The highest BCUT2D eigenvalue weighted by Gasteiger charge is 2.28. The highest BCUT2D eigenvalue weighted by molar-refractivity contribution is 7.99. The van der Waals surface area contributed by atoms with E-state index in [1.54, 1.807) is 32.0 Å². The molecule has 1 saturated carbocycles. The number of nitrogens with one attached hydrogen (secondary N) is 1. The fourth-order valence-electron chi connectivity index (χ4n) is 4.05. The predicted octanol–water partition coefficient (Wildman–Crippen LogP) is 3.80. The van der Waals surface area contributed by atoms with Crippen molar-refractivity contribution in [2.75, 3.05) is 18.8 Å². The first-order chi connectivity index (χ1) is 15.3. The van der Waals surface area contributed by atoms with Gasteiger partial charge in [0.05, 0.1) is 10.6 Å². The van der Waals surface area contributed by atoms with E-state index in [0.29, 0.717) is 30.5 Å². The van der Waals surface area contributed by atoms with Gasteiger partial charge in [-0.15, -0.1) is 10.2 Å². The van der Waals surface area contributed by atoms with E-state index in [0.717, 1.165) is 12.8 Å². The second-order valence-electron chi connectivity index (χ2n) is 8.22. The zero-order valence-electron chi connectivity index (χ0n) is 19.1. The van der Waals surface area contributed by atoms with Gasteiger partial charge in [-0.2, -0.15) is 4.31 Å². The summed E-state index contributed by atoms with van der Waals surface area (Å²) in [5, 5.41) is 11.4. The van der Waals surface area contributed by atoms with Gasteiger partial charge in [-0.25, -0.2) is 8.42 Å². The summed E-state index contributed by atoms with van der Waals surface area (Å²) in [6, 6.07) is 6.68. The van der Waals surface area contributed by atoms with Crippen LogP contribution in [0.2, 0.25) is 0 Å². The molecule has 1 aromatic heterocycles. The number of amides is 1. The maximum atomic E-state index is 12.8. The number of thioether (sulfide) groups is 1. The van der Waals surface area contributed by atoms with E-state index < -0.39 is 10.0 Å². The van der Waals surface area contributed by atoms with E-state index >= 15 is 0 Å². The predicted molar refractivity (Wildman–Crippen MR) is 125 cm³/mol. The van der Waals surface area contributed by atoms with Gasteiger partial charge in [0.1, 0.15) is 0 Å². The first-order valence-corrected chi connectivity index (χ1v) is 13.5. The average molecular weight is 481 g/mol. The monoisotopic (exact) mass is 480 g/mol. The van der Waals surface area contributed by atoms with Gasteiger partial charge in [0.2, 0.25) is 21.8 Å². The number of aromatic nitrogens is 2. The SMILES string of the molecule is CCN(CC)S(=O)(=O)c1cccc(-c2nnc(SCC(=O)NC3CCCC(C)C3C)o2)c1. The van der Waals surface area contributed by atoms with Crippen molar-refractivity contribution in [1.29, 1.82) is 0 Å². The molecule has 1 N–H and O–H groups in total. The molecule has 1 aliphatic rings. The molecule has 3 unspecified atom stereocenters. The molecular weight excluding hydrogens is 448 g/mol. The van der Waals surface area contributed by atoms with Crippen molar-refractivity contribution in [1.82, 2.24) is 19.8 Å². The van der Waals surface area contributed by atoms with Gasteiger partial charge in [-0.1, -0.05) is 58.4 Å². The summed E-state index contributed by atoms with van der Waals surface area (Å²) in [7, 11) is -3.58. The van der Waals surface area contributed by atoms with Crippen LogP contribution in [0, 0.1) is 11.8 Å². The smallest absolute Gasteiger partial charge is 0.277 e. The summed E-state index contributed by atoms with van der Waals surface area (Å²) in [6.07, 6.45) is 3.36. The number of carbonyl (C=O) groups excluding carboxylic acids is 1. The van der Waals surface area contributed by atoms with Gasteiger partial charge >= 0.3 is 0 Å². The molecule has 0 spiro atoms. The second kappa shape index (κ2) is 10.8. The molecular formula is C22H32N4O4S2. The number of hydrogen-bond acceptors (Lipinski definition) is 7. The number of nitrogens with zero attached hydrogens (tertiary/aromatic N) is 3. The molecule has 3 rings (SSSR count). The number of hydrogen-bond donors (Lipinski definition) is 1. The molecule has 176 valence electrons. The minimum Gasteiger partial charge on any atom is -0.411 e. The first-order valence-electron chi connectivity index (χ1n) is 11.1. The van der Waals surface area contributed by atoms with E-state index in [1.807, 2.05) is 0 Å². The zero-order chi connectivity index (χ0) is 23.3. The molecule has 32 heavy (non-hydrogen) atoms. The first kappa shape index (κ1) is 24.7. The summed E-state index contributed by atoms with van der Waals surface area (Å²) in [5.74, 6) is 1.44. The molecule has 2 aromatic rings. The Balaban J connectivity index is 1.63. The van der Waals surface area contributed by atoms with Gasteiger partial charge in [-0.3, -0.25) is 4.79 Å². The standard InChI is InChI=1S/C22H32N4O4S2/c1-5-26(6-2)32(28,29)18-11-8-10-17(13-18)21-24-25-22(30-21)31-14-20(27)23-19-12-7-9-15(3)16(19)4/h8,10-11,13,15-16,19H,5-7,9,12,14H2,1-4H3,(H,23,27). The molecule has 1 aliphatic carbocycles. The molecule has 1 amide bonds. The minimum atomic E-state index is -3.58. The van der Waals surface area contributed by atoms with Crippen molar-refractivity contribution >= 4 is 27.7 Å². The van der Waals surface area contributed by atoms with Crippen LogP contribution in [-0.4, -0.2) is 53.7 Å². The van der Waals surface area contributed by atoms with Gasteiger partial charge < -0.3 is 9.73 Å². The van der Waals surface area contributed by atoms with Crippen molar-refractivity contribution in [2.24, 2.45) is 11.8 Å². The van der Waals surface area contributed by atoms with Gasteiger partial charge in [-0.05, 0) is 36.5 Å². The number of benzene rings is 1. The molecule has 1 aromatic carbocycles. The van der Waals surface area contributed by atoms with Crippen LogP contribution in [0.25, 0.3) is 11.5 Å². The largest absolute Gasteiger partial charge is 0.411 e.